The molecule has 39 heavy (non-hydrogen) atoms. The van der Waals surface area contributed by atoms with Gasteiger partial charge >= 0.3 is 12.1 Å². The van der Waals surface area contributed by atoms with Gasteiger partial charge in [0.15, 0.2) is 0 Å². The van der Waals surface area contributed by atoms with E-state index in [2.05, 4.69) is 20.8 Å². The summed E-state index contributed by atoms with van der Waals surface area (Å²) in [6.07, 6.45) is 1.35. The smallest absolute Gasteiger partial charge is 0.412 e. The summed E-state index contributed by atoms with van der Waals surface area (Å²) in [6, 6.07) is 10.6. The van der Waals surface area contributed by atoms with Gasteiger partial charge in [0.05, 0.1) is 30.3 Å². The van der Waals surface area contributed by atoms with Crippen LogP contribution in [-0.2, 0) is 14.3 Å². The van der Waals surface area contributed by atoms with Crippen molar-refractivity contribution in [3.63, 3.8) is 0 Å². The van der Waals surface area contributed by atoms with E-state index >= 15 is 0 Å². The van der Waals surface area contributed by atoms with Crippen molar-refractivity contribution in [3.05, 3.63) is 53.3 Å². The van der Waals surface area contributed by atoms with Gasteiger partial charge in [-0.25, -0.2) is 9.78 Å². The van der Waals surface area contributed by atoms with E-state index in [4.69, 9.17) is 14.0 Å². The van der Waals surface area contributed by atoms with Crippen LogP contribution in [0.1, 0.15) is 55.7 Å². The lowest BCUT2D eigenvalue weighted by atomic mass is 9.78. The van der Waals surface area contributed by atoms with Crippen LogP contribution < -0.4 is 15.4 Å². The summed E-state index contributed by atoms with van der Waals surface area (Å²) >= 11 is 0. The van der Waals surface area contributed by atoms with E-state index in [0.29, 0.717) is 47.0 Å². The molecule has 1 aliphatic carbocycles. The number of aryl methyl sites for hydroxylation is 2. The number of ether oxygens (including phenoxy) is 2. The second kappa shape index (κ2) is 12.0. The molecular weight excluding hydrogens is 504 g/mol. The first kappa shape index (κ1) is 27.6. The van der Waals surface area contributed by atoms with Crippen LogP contribution in [0, 0.1) is 25.7 Å². The van der Waals surface area contributed by atoms with Gasteiger partial charge in [-0.1, -0.05) is 36.2 Å². The van der Waals surface area contributed by atoms with Crippen molar-refractivity contribution in [1.29, 1.82) is 0 Å². The van der Waals surface area contributed by atoms with Gasteiger partial charge < -0.3 is 24.4 Å². The Morgan fingerprint density at radius 2 is 1.74 bits per heavy atom. The molecule has 1 saturated carbocycles. The third-order valence-corrected chi connectivity index (χ3v) is 6.95. The van der Waals surface area contributed by atoms with Gasteiger partial charge in [-0.15, -0.1) is 0 Å². The summed E-state index contributed by atoms with van der Waals surface area (Å²) in [5.41, 5.74) is 2.81. The highest BCUT2D eigenvalue weighted by molar-refractivity contribution is 5.96. The van der Waals surface area contributed by atoms with Crippen LogP contribution in [0.15, 0.2) is 40.9 Å². The molecule has 206 valence electrons. The molecule has 11 heteroatoms. The summed E-state index contributed by atoms with van der Waals surface area (Å²) < 4.78 is 16.4. The van der Waals surface area contributed by atoms with Crippen molar-refractivity contribution in [1.82, 2.24) is 10.1 Å². The average Bonchev–Trinajstić information content (AvgIpc) is 3.29. The van der Waals surface area contributed by atoms with E-state index in [0.717, 1.165) is 18.4 Å². The van der Waals surface area contributed by atoms with E-state index in [-0.39, 0.29) is 11.7 Å². The van der Waals surface area contributed by atoms with Gasteiger partial charge in [-0.05, 0) is 51.8 Å². The topological polar surface area (TPSA) is 153 Å². The number of benzene rings is 1. The lowest BCUT2D eigenvalue weighted by Crippen LogP contribution is -2.36. The molecule has 3 aromatic rings. The highest BCUT2D eigenvalue weighted by Crippen LogP contribution is 2.34. The Labute approximate surface area is 225 Å². The Bertz CT molecular complexity index is 1370. The number of carboxylic acids is 1. The Morgan fingerprint density at radius 1 is 1.03 bits per heavy atom. The van der Waals surface area contributed by atoms with Crippen LogP contribution in [0.2, 0.25) is 0 Å². The minimum absolute atomic E-state index is 0.230. The average molecular weight is 537 g/mol. The van der Waals surface area contributed by atoms with Crippen LogP contribution in [0.25, 0.3) is 11.5 Å². The number of para-hydroxylation sites is 1. The van der Waals surface area contributed by atoms with Crippen LogP contribution >= 0.6 is 0 Å². The number of carbonyl (C=O) groups is 3. The zero-order valence-electron chi connectivity index (χ0n) is 22.3. The first-order valence-electron chi connectivity index (χ1n) is 12.8. The highest BCUT2D eigenvalue weighted by Gasteiger charge is 2.36. The van der Waals surface area contributed by atoms with Gasteiger partial charge in [0, 0.05) is 5.56 Å². The van der Waals surface area contributed by atoms with E-state index in [1.54, 1.807) is 46.1 Å². The zero-order chi connectivity index (χ0) is 28.1. The molecule has 1 fully saturated rings. The normalized spacial score (nSPS) is 17.6. The van der Waals surface area contributed by atoms with E-state index in [1.807, 2.05) is 18.2 Å². The third-order valence-electron chi connectivity index (χ3n) is 6.95. The molecule has 2 amide bonds. The number of nitrogens with one attached hydrogen (secondary N) is 2. The number of rotatable bonds is 8. The predicted octanol–water partition coefficient (Wildman–Crippen LogP) is 5.50. The number of pyridine rings is 1. The summed E-state index contributed by atoms with van der Waals surface area (Å²) in [5, 5.41) is 19.0. The van der Waals surface area contributed by atoms with Crippen molar-refractivity contribution in [2.24, 2.45) is 11.8 Å². The highest BCUT2D eigenvalue weighted by atomic mass is 16.6. The maximum absolute atomic E-state index is 12.9. The van der Waals surface area contributed by atoms with Crippen molar-refractivity contribution in [2.45, 2.75) is 52.6 Å². The van der Waals surface area contributed by atoms with Crippen LogP contribution in [0.3, 0.4) is 0 Å². The fourth-order valence-corrected chi connectivity index (χ4v) is 4.83. The Kier molecular flexibility index (Phi) is 8.48. The SMILES string of the molecule is COc1ccccc1C(C)OC(=O)Nc1c(C)noc1-c1ccc(NC(=O)[C@H]2CCCC[C@@H]2C(=O)O)c(C)n1. The summed E-state index contributed by atoms with van der Waals surface area (Å²) in [5.74, 6) is -1.72. The van der Waals surface area contributed by atoms with Crippen LogP contribution in [0.4, 0.5) is 16.2 Å². The standard InChI is InChI=1S/C28H32N4O7/c1-15-21(30-26(33)19-10-5-6-11-20(19)27(34)35)13-14-22(29-15)25-24(16(2)32-39-25)31-28(36)38-17(3)18-9-7-8-12-23(18)37-4/h7-9,12-14,17,19-20H,5-6,10-11H2,1-4H3,(H,30,33)(H,31,36)(H,34,35)/t17?,19-,20-/m0/s1. The number of carboxylic acid groups (broad SMARTS) is 1. The third kappa shape index (κ3) is 6.19. The summed E-state index contributed by atoms with van der Waals surface area (Å²) in [6.45, 7) is 5.13. The van der Waals surface area contributed by atoms with Crippen molar-refractivity contribution in [2.75, 3.05) is 17.7 Å². The van der Waals surface area contributed by atoms with Gasteiger partial charge in [0.25, 0.3) is 0 Å². The molecule has 0 radical (unpaired) electrons. The van der Waals surface area contributed by atoms with E-state index in [9.17, 15) is 19.5 Å². The number of methoxy groups -OCH3 is 1. The van der Waals surface area contributed by atoms with Crippen molar-refractivity contribution >= 4 is 29.3 Å². The molecular formula is C28H32N4O7. The molecule has 1 aliphatic rings. The van der Waals surface area contributed by atoms with Gasteiger partial charge in [0.2, 0.25) is 11.7 Å². The van der Waals surface area contributed by atoms with Gasteiger partial charge in [-0.2, -0.15) is 0 Å². The number of amides is 2. The van der Waals surface area contributed by atoms with Gasteiger partial charge in [0.1, 0.15) is 28.9 Å². The first-order chi connectivity index (χ1) is 18.7. The minimum atomic E-state index is -0.948. The monoisotopic (exact) mass is 536 g/mol. The fraction of sp³-hybridized carbons (Fsp3) is 0.393. The lowest BCUT2D eigenvalue weighted by molar-refractivity contribution is -0.147. The molecule has 2 aromatic heterocycles. The number of aromatic nitrogens is 2. The molecule has 3 atom stereocenters. The Morgan fingerprint density at radius 3 is 2.44 bits per heavy atom. The number of nitrogens with zero attached hydrogens (tertiary/aromatic N) is 2. The minimum Gasteiger partial charge on any atom is -0.496 e. The molecule has 0 aliphatic heterocycles. The summed E-state index contributed by atoms with van der Waals surface area (Å²) in [4.78, 5) is 41.8. The molecule has 0 spiro atoms. The second-order valence-electron chi connectivity index (χ2n) is 9.54. The number of anilines is 2. The van der Waals surface area contributed by atoms with Crippen molar-refractivity contribution < 1.29 is 33.5 Å². The molecule has 0 saturated heterocycles. The predicted molar refractivity (Wildman–Crippen MR) is 142 cm³/mol. The molecule has 11 nitrogen and oxygen atoms in total. The van der Waals surface area contributed by atoms with Gasteiger partial charge in [-0.3, -0.25) is 14.9 Å². The molecule has 1 unspecified atom stereocenters. The first-order valence-corrected chi connectivity index (χ1v) is 12.8. The number of hydrogen-bond acceptors (Lipinski definition) is 8. The Balaban J connectivity index is 1.47. The fourth-order valence-electron chi connectivity index (χ4n) is 4.83. The maximum Gasteiger partial charge on any atom is 0.412 e. The zero-order valence-corrected chi connectivity index (χ0v) is 22.3. The number of hydrogen-bond donors (Lipinski definition) is 3. The molecule has 3 N–H and O–H groups in total. The maximum atomic E-state index is 12.9. The number of aliphatic carboxylic acids is 1. The van der Waals surface area contributed by atoms with Crippen molar-refractivity contribution in [3.8, 4) is 17.2 Å². The lowest BCUT2D eigenvalue weighted by Gasteiger charge is -2.27. The van der Waals surface area contributed by atoms with Crippen LogP contribution in [0.5, 0.6) is 5.75 Å². The molecule has 1 aromatic carbocycles. The molecule has 4 rings (SSSR count). The number of carbonyl (C=O) groups excluding carboxylic acids is 2. The largest absolute Gasteiger partial charge is 0.496 e. The molecule has 2 heterocycles. The van der Waals surface area contributed by atoms with E-state index in [1.165, 1.54) is 0 Å². The van der Waals surface area contributed by atoms with E-state index < -0.39 is 30.0 Å². The molecule has 0 bridgehead atoms. The summed E-state index contributed by atoms with van der Waals surface area (Å²) in [7, 11) is 1.55. The quantitative estimate of drug-likeness (QED) is 0.338. The Hall–Kier alpha value is -4.41. The van der Waals surface area contributed by atoms with Crippen LogP contribution in [-0.4, -0.2) is 40.3 Å². The second-order valence-corrected chi connectivity index (χ2v) is 9.54.